The van der Waals surface area contributed by atoms with Crippen molar-refractivity contribution < 1.29 is 9.59 Å². The quantitative estimate of drug-likeness (QED) is 0.520. The molecule has 0 saturated carbocycles. The smallest absolute Gasteiger partial charge is 0.321 e. The molecular formula is C21H19Cl2N5O2S. The zero-order valence-corrected chi connectivity index (χ0v) is 18.7. The Labute approximate surface area is 193 Å². The first-order valence-electron chi connectivity index (χ1n) is 9.70. The second kappa shape index (κ2) is 9.64. The van der Waals surface area contributed by atoms with Crippen LogP contribution in [0.3, 0.4) is 0 Å². The number of halogens is 2. The summed E-state index contributed by atoms with van der Waals surface area (Å²) in [5.41, 5.74) is 1.28. The van der Waals surface area contributed by atoms with Crippen molar-refractivity contribution in [3.05, 3.63) is 68.6 Å². The maximum Gasteiger partial charge on any atom is 0.321 e. The third-order valence-corrected chi connectivity index (χ3v) is 6.44. The van der Waals surface area contributed by atoms with E-state index in [0.29, 0.717) is 34.5 Å². The van der Waals surface area contributed by atoms with Gasteiger partial charge in [-0.05, 0) is 55.3 Å². The fraction of sp³-hybridized carbons (Fsp3) is 0.238. The zero-order chi connectivity index (χ0) is 21.8. The lowest BCUT2D eigenvalue weighted by Gasteiger charge is -2.31. The minimum atomic E-state index is -0.334. The van der Waals surface area contributed by atoms with E-state index in [9.17, 15) is 9.59 Å². The number of carbonyl (C=O) groups is 2. The summed E-state index contributed by atoms with van der Waals surface area (Å²) in [6, 6.07) is 13.7. The van der Waals surface area contributed by atoms with Gasteiger partial charge in [0.25, 0.3) is 5.91 Å². The summed E-state index contributed by atoms with van der Waals surface area (Å²) in [4.78, 5) is 26.9. The van der Waals surface area contributed by atoms with E-state index in [1.165, 1.54) is 11.3 Å². The number of hydrogen-bond acceptors (Lipinski definition) is 5. The Kier molecular flexibility index (Phi) is 6.70. The summed E-state index contributed by atoms with van der Waals surface area (Å²) in [6.07, 6.45) is 1.73. The number of urea groups is 1. The maximum atomic E-state index is 12.6. The number of hydrogen-bond donors (Lipinski definition) is 2. The van der Waals surface area contributed by atoms with Crippen LogP contribution >= 0.6 is 34.5 Å². The molecular weight excluding hydrogens is 457 g/mol. The van der Waals surface area contributed by atoms with Crippen LogP contribution in [0.25, 0.3) is 0 Å². The molecule has 3 aromatic rings. The van der Waals surface area contributed by atoms with Gasteiger partial charge in [-0.1, -0.05) is 40.6 Å². The highest BCUT2D eigenvalue weighted by molar-refractivity contribution is 7.13. The first-order chi connectivity index (χ1) is 15.0. The van der Waals surface area contributed by atoms with Crippen LogP contribution in [0.2, 0.25) is 10.0 Å². The average molecular weight is 476 g/mol. The predicted octanol–water partition coefficient (Wildman–Crippen LogP) is 5.51. The lowest BCUT2D eigenvalue weighted by Crippen LogP contribution is -2.41. The van der Waals surface area contributed by atoms with E-state index in [1.807, 2.05) is 0 Å². The molecule has 3 amide bonds. The minimum Gasteiger partial charge on any atom is -0.324 e. The van der Waals surface area contributed by atoms with Crippen LogP contribution in [-0.4, -0.2) is 40.1 Å². The topological polar surface area (TPSA) is 87.2 Å². The number of piperidine rings is 1. The van der Waals surface area contributed by atoms with Gasteiger partial charge in [0, 0.05) is 40.4 Å². The Morgan fingerprint density at radius 2 is 1.81 bits per heavy atom. The molecule has 2 aromatic carbocycles. The van der Waals surface area contributed by atoms with Gasteiger partial charge in [-0.25, -0.2) is 4.79 Å². The summed E-state index contributed by atoms with van der Waals surface area (Å²) in [7, 11) is 0. The van der Waals surface area contributed by atoms with Gasteiger partial charge in [-0.15, -0.1) is 10.2 Å². The molecule has 31 heavy (non-hydrogen) atoms. The van der Waals surface area contributed by atoms with Gasteiger partial charge in [0.15, 0.2) is 0 Å². The number of rotatable bonds is 4. The third kappa shape index (κ3) is 5.52. The lowest BCUT2D eigenvalue weighted by molar-refractivity contribution is 0.102. The molecule has 1 saturated heterocycles. The number of nitrogens with zero attached hydrogens (tertiary/aromatic N) is 3. The summed E-state index contributed by atoms with van der Waals surface area (Å²) >= 11 is 13.1. The minimum absolute atomic E-state index is 0.0370. The number of benzene rings is 2. The normalized spacial score (nSPS) is 16.1. The summed E-state index contributed by atoms with van der Waals surface area (Å²) in [6.45, 7) is 1.18. The SMILES string of the molecule is O=C(Nc1cccc(Cl)c1)c1nnc([C@H]2CCCN(C(=O)Nc3ccc(Cl)cc3)C2)s1. The molecule has 0 unspecified atom stereocenters. The van der Waals surface area contributed by atoms with Crippen LogP contribution in [0.1, 0.15) is 33.6 Å². The number of amides is 3. The van der Waals surface area contributed by atoms with E-state index in [4.69, 9.17) is 23.2 Å². The Balaban J connectivity index is 1.38. The van der Waals surface area contributed by atoms with Crippen LogP contribution in [0.4, 0.5) is 16.2 Å². The van der Waals surface area contributed by atoms with E-state index in [-0.39, 0.29) is 22.9 Å². The highest BCUT2D eigenvalue weighted by Crippen LogP contribution is 2.30. The van der Waals surface area contributed by atoms with Crippen molar-refractivity contribution in [3.8, 4) is 0 Å². The van der Waals surface area contributed by atoms with Crippen molar-refractivity contribution in [1.82, 2.24) is 15.1 Å². The van der Waals surface area contributed by atoms with E-state index < -0.39 is 0 Å². The highest BCUT2D eigenvalue weighted by Gasteiger charge is 2.28. The average Bonchev–Trinajstić information content (AvgIpc) is 3.26. The van der Waals surface area contributed by atoms with Gasteiger partial charge < -0.3 is 15.5 Å². The van der Waals surface area contributed by atoms with E-state index in [1.54, 1.807) is 53.4 Å². The van der Waals surface area contributed by atoms with Crippen molar-refractivity contribution in [1.29, 1.82) is 0 Å². The molecule has 160 valence electrons. The number of aromatic nitrogens is 2. The second-order valence-corrected chi connectivity index (χ2v) is 9.01. The molecule has 0 aliphatic carbocycles. The summed E-state index contributed by atoms with van der Waals surface area (Å²) < 4.78 is 0. The third-order valence-electron chi connectivity index (χ3n) is 4.87. The van der Waals surface area contributed by atoms with E-state index in [2.05, 4.69) is 20.8 Å². The molecule has 1 aliphatic heterocycles. The van der Waals surface area contributed by atoms with Crippen LogP contribution in [0.5, 0.6) is 0 Å². The fourth-order valence-electron chi connectivity index (χ4n) is 3.34. The monoisotopic (exact) mass is 475 g/mol. The molecule has 0 spiro atoms. The van der Waals surface area contributed by atoms with Crippen molar-refractivity contribution in [2.45, 2.75) is 18.8 Å². The summed E-state index contributed by atoms with van der Waals surface area (Å²) in [5, 5.41) is 16.1. The fourth-order valence-corrected chi connectivity index (χ4v) is 4.52. The first kappa shape index (κ1) is 21.5. The molecule has 1 atom stereocenters. The van der Waals surface area contributed by atoms with Gasteiger partial charge in [0.2, 0.25) is 5.01 Å². The highest BCUT2D eigenvalue weighted by atomic mass is 35.5. The zero-order valence-electron chi connectivity index (χ0n) is 16.3. The van der Waals surface area contributed by atoms with Gasteiger partial charge in [0.1, 0.15) is 5.01 Å². The molecule has 1 fully saturated rings. The Morgan fingerprint density at radius 3 is 2.58 bits per heavy atom. The Hall–Kier alpha value is -2.68. The molecule has 4 rings (SSSR count). The molecule has 2 N–H and O–H groups in total. The maximum absolute atomic E-state index is 12.6. The van der Waals surface area contributed by atoms with Gasteiger partial charge in [-0.2, -0.15) is 0 Å². The molecule has 10 heteroatoms. The summed E-state index contributed by atoms with van der Waals surface area (Å²) in [5.74, 6) is -0.297. The van der Waals surface area contributed by atoms with E-state index in [0.717, 1.165) is 17.8 Å². The van der Waals surface area contributed by atoms with E-state index >= 15 is 0 Å². The van der Waals surface area contributed by atoms with Crippen molar-refractivity contribution in [3.63, 3.8) is 0 Å². The molecule has 7 nitrogen and oxygen atoms in total. The number of nitrogens with one attached hydrogen (secondary N) is 2. The Morgan fingerprint density at radius 1 is 1.00 bits per heavy atom. The van der Waals surface area contributed by atoms with Crippen LogP contribution < -0.4 is 10.6 Å². The number of likely N-dealkylation sites (tertiary alicyclic amines) is 1. The standard InChI is InChI=1S/C21H19Cl2N5O2S/c22-14-6-8-16(9-7-14)25-21(30)28-10-2-3-13(12-28)19-26-27-20(31-19)18(29)24-17-5-1-4-15(23)11-17/h1,4-9,11,13H,2-3,10,12H2,(H,24,29)(H,25,30)/t13-/m0/s1. The van der Waals surface area contributed by atoms with Crippen molar-refractivity contribution in [2.75, 3.05) is 23.7 Å². The second-order valence-electron chi connectivity index (χ2n) is 7.13. The van der Waals surface area contributed by atoms with Gasteiger partial charge in [-0.3, -0.25) is 4.79 Å². The molecule has 2 heterocycles. The molecule has 0 bridgehead atoms. The molecule has 0 radical (unpaired) electrons. The number of carbonyl (C=O) groups excluding carboxylic acids is 2. The first-order valence-corrected chi connectivity index (χ1v) is 11.3. The van der Waals surface area contributed by atoms with Crippen molar-refractivity contribution >= 4 is 57.9 Å². The van der Waals surface area contributed by atoms with Crippen LogP contribution in [0.15, 0.2) is 48.5 Å². The van der Waals surface area contributed by atoms with Gasteiger partial charge >= 0.3 is 6.03 Å². The lowest BCUT2D eigenvalue weighted by atomic mass is 9.99. The molecule has 1 aromatic heterocycles. The van der Waals surface area contributed by atoms with Crippen molar-refractivity contribution in [2.24, 2.45) is 0 Å². The van der Waals surface area contributed by atoms with Crippen LogP contribution in [-0.2, 0) is 0 Å². The largest absolute Gasteiger partial charge is 0.324 e. The van der Waals surface area contributed by atoms with Gasteiger partial charge in [0.05, 0.1) is 0 Å². The number of anilines is 2. The molecule has 1 aliphatic rings. The predicted molar refractivity (Wildman–Crippen MR) is 123 cm³/mol. The van der Waals surface area contributed by atoms with Crippen LogP contribution in [0, 0.1) is 0 Å². The Bertz CT molecular complexity index is 1090.